The summed E-state index contributed by atoms with van der Waals surface area (Å²) in [4.78, 5) is 21.4. The number of nitrogens with one attached hydrogen (secondary N) is 1. The number of carbonyl (C=O) groups is 1. The first-order chi connectivity index (χ1) is 12.3. The van der Waals surface area contributed by atoms with E-state index in [-0.39, 0.29) is 11.6 Å². The van der Waals surface area contributed by atoms with E-state index in [0.29, 0.717) is 0 Å². The highest BCUT2D eigenvalue weighted by molar-refractivity contribution is 5.76. The zero-order valence-corrected chi connectivity index (χ0v) is 14.4. The van der Waals surface area contributed by atoms with Crippen LogP contribution in [0.3, 0.4) is 0 Å². The van der Waals surface area contributed by atoms with Crippen LogP contribution in [0.5, 0.6) is 0 Å². The van der Waals surface area contributed by atoms with Crippen molar-refractivity contribution in [3.05, 3.63) is 60.3 Å². The maximum Gasteiger partial charge on any atom is 0.318 e. The minimum Gasteiger partial charge on any atom is -0.353 e. The summed E-state index contributed by atoms with van der Waals surface area (Å²) >= 11 is 0. The minimum atomic E-state index is -0.170. The summed E-state index contributed by atoms with van der Waals surface area (Å²) in [5, 5.41) is 3.32. The molecule has 2 aromatic rings. The Hall–Kier alpha value is -2.56. The Balaban J connectivity index is 1.38. The van der Waals surface area contributed by atoms with Crippen LogP contribution in [0.25, 0.3) is 0 Å². The van der Waals surface area contributed by atoms with E-state index in [9.17, 15) is 4.79 Å². The van der Waals surface area contributed by atoms with Gasteiger partial charge < -0.3 is 15.1 Å². The number of aromatic nitrogens is 1. The lowest BCUT2D eigenvalue weighted by molar-refractivity contribution is 0.147. The third-order valence-electron chi connectivity index (χ3n) is 5.42. The number of hydrogen-bond donors (Lipinski definition) is 1. The molecule has 1 aromatic heterocycles. The number of nitrogens with zero attached hydrogens (tertiary/aromatic N) is 3. The van der Waals surface area contributed by atoms with Gasteiger partial charge in [0.2, 0.25) is 0 Å². The van der Waals surface area contributed by atoms with E-state index in [1.54, 1.807) is 0 Å². The Bertz CT molecular complexity index is 707. The lowest BCUT2D eigenvalue weighted by atomic mass is 9.72. The summed E-state index contributed by atoms with van der Waals surface area (Å²) in [6, 6.07) is 16.4. The van der Waals surface area contributed by atoms with Crippen molar-refractivity contribution in [2.45, 2.75) is 24.8 Å². The van der Waals surface area contributed by atoms with Crippen LogP contribution in [0.1, 0.15) is 24.8 Å². The molecule has 5 nitrogen and oxygen atoms in total. The molecule has 0 spiro atoms. The van der Waals surface area contributed by atoms with Crippen molar-refractivity contribution in [3.63, 3.8) is 0 Å². The van der Waals surface area contributed by atoms with E-state index >= 15 is 0 Å². The SMILES string of the molecule is O=C(NC1(c2ccccc2)CCC1)N1CCN(c2ccccn2)CC1. The van der Waals surface area contributed by atoms with Crippen molar-refractivity contribution < 1.29 is 4.79 Å². The summed E-state index contributed by atoms with van der Waals surface area (Å²) < 4.78 is 0. The Morgan fingerprint density at radius 2 is 1.68 bits per heavy atom. The van der Waals surface area contributed by atoms with Gasteiger partial charge in [0.25, 0.3) is 0 Å². The number of piperazine rings is 1. The molecule has 4 rings (SSSR count). The lowest BCUT2D eigenvalue weighted by Crippen LogP contribution is -2.58. The van der Waals surface area contributed by atoms with Crippen LogP contribution in [0.2, 0.25) is 0 Å². The van der Waals surface area contributed by atoms with Crippen molar-refractivity contribution in [1.29, 1.82) is 0 Å². The topological polar surface area (TPSA) is 48.5 Å². The Labute approximate surface area is 148 Å². The van der Waals surface area contributed by atoms with Gasteiger partial charge in [0.15, 0.2) is 0 Å². The molecule has 1 aliphatic carbocycles. The summed E-state index contributed by atoms with van der Waals surface area (Å²) in [5.41, 5.74) is 1.05. The normalized spacial score (nSPS) is 19.2. The summed E-state index contributed by atoms with van der Waals surface area (Å²) in [7, 11) is 0. The molecule has 5 heteroatoms. The van der Waals surface area contributed by atoms with Gasteiger partial charge >= 0.3 is 6.03 Å². The number of amides is 2. The van der Waals surface area contributed by atoms with E-state index in [4.69, 9.17) is 0 Å². The smallest absolute Gasteiger partial charge is 0.318 e. The highest BCUT2D eigenvalue weighted by atomic mass is 16.2. The van der Waals surface area contributed by atoms with Gasteiger partial charge in [-0.3, -0.25) is 0 Å². The Morgan fingerprint density at radius 1 is 0.960 bits per heavy atom. The molecule has 1 saturated carbocycles. The number of urea groups is 1. The highest BCUT2D eigenvalue weighted by Gasteiger charge is 2.41. The first-order valence-corrected chi connectivity index (χ1v) is 9.05. The maximum absolute atomic E-state index is 12.8. The molecule has 1 N–H and O–H groups in total. The van der Waals surface area contributed by atoms with Crippen LogP contribution in [-0.4, -0.2) is 42.1 Å². The van der Waals surface area contributed by atoms with E-state index < -0.39 is 0 Å². The average Bonchev–Trinajstić information content (AvgIpc) is 2.66. The molecule has 25 heavy (non-hydrogen) atoms. The Morgan fingerprint density at radius 3 is 2.28 bits per heavy atom. The van der Waals surface area contributed by atoms with Gasteiger partial charge in [0.1, 0.15) is 5.82 Å². The monoisotopic (exact) mass is 336 g/mol. The van der Waals surface area contributed by atoms with Crippen LogP contribution in [-0.2, 0) is 5.54 Å². The zero-order chi connectivity index (χ0) is 17.1. The van der Waals surface area contributed by atoms with Crippen LogP contribution in [0, 0.1) is 0 Å². The maximum atomic E-state index is 12.8. The van der Waals surface area contributed by atoms with Gasteiger partial charge in [-0.1, -0.05) is 36.4 Å². The molecule has 1 aromatic carbocycles. The average molecular weight is 336 g/mol. The van der Waals surface area contributed by atoms with E-state index in [1.165, 1.54) is 12.0 Å². The van der Waals surface area contributed by atoms with E-state index in [0.717, 1.165) is 44.8 Å². The predicted molar refractivity (Wildman–Crippen MR) is 98.5 cm³/mol. The molecule has 0 bridgehead atoms. The fraction of sp³-hybridized carbons (Fsp3) is 0.400. The van der Waals surface area contributed by atoms with Gasteiger partial charge in [-0.15, -0.1) is 0 Å². The second-order valence-corrected chi connectivity index (χ2v) is 6.89. The molecule has 2 aliphatic rings. The molecular weight excluding hydrogens is 312 g/mol. The Kier molecular flexibility index (Phi) is 4.30. The van der Waals surface area contributed by atoms with Gasteiger partial charge in [0, 0.05) is 32.4 Å². The van der Waals surface area contributed by atoms with Crippen molar-refractivity contribution >= 4 is 11.8 Å². The second-order valence-electron chi connectivity index (χ2n) is 6.89. The molecule has 1 aliphatic heterocycles. The van der Waals surface area contributed by atoms with Crippen LogP contribution < -0.4 is 10.2 Å². The van der Waals surface area contributed by atoms with Crippen LogP contribution >= 0.6 is 0 Å². The van der Waals surface area contributed by atoms with E-state index in [2.05, 4.69) is 27.3 Å². The lowest BCUT2D eigenvalue weighted by Gasteiger charge is -2.45. The zero-order valence-electron chi connectivity index (χ0n) is 14.4. The fourth-order valence-corrected chi connectivity index (χ4v) is 3.74. The van der Waals surface area contributed by atoms with Gasteiger partial charge in [-0.05, 0) is 37.0 Å². The summed E-state index contributed by atoms with van der Waals surface area (Å²) in [6.07, 6.45) is 5.03. The number of carbonyl (C=O) groups excluding carboxylic acids is 1. The van der Waals surface area contributed by atoms with Crippen molar-refractivity contribution in [3.8, 4) is 0 Å². The molecule has 0 radical (unpaired) electrons. The molecule has 2 heterocycles. The number of anilines is 1. The largest absolute Gasteiger partial charge is 0.353 e. The van der Waals surface area contributed by atoms with Crippen molar-refractivity contribution in [2.24, 2.45) is 0 Å². The molecule has 2 amide bonds. The van der Waals surface area contributed by atoms with Gasteiger partial charge in [0.05, 0.1) is 5.54 Å². The highest BCUT2D eigenvalue weighted by Crippen LogP contribution is 2.41. The standard InChI is InChI=1S/C20H24N4O/c25-19(22-20(10-6-11-20)17-7-2-1-3-8-17)24-15-13-23(14-16-24)18-9-4-5-12-21-18/h1-5,7-9,12H,6,10-11,13-16H2,(H,22,25). The number of hydrogen-bond acceptors (Lipinski definition) is 3. The van der Waals surface area contributed by atoms with E-state index in [1.807, 2.05) is 47.5 Å². The van der Waals surface area contributed by atoms with Crippen LogP contribution in [0.4, 0.5) is 10.6 Å². The first kappa shape index (κ1) is 15.9. The van der Waals surface area contributed by atoms with Crippen molar-refractivity contribution in [1.82, 2.24) is 15.2 Å². The molecule has 1 saturated heterocycles. The third-order valence-corrected chi connectivity index (χ3v) is 5.42. The van der Waals surface area contributed by atoms with Gasteiger partial charge in [-0.25, -0.2) is 9.78 Å². The second kappa shape index (κ2) is 6.75. The molecule has 0 atom stereocenters. The molecule has 130 valence electrons. The van der Waals surface area contributed by atoms with Gasteiger partial charge in [-0.2, -0.15) is 0 Å². The third kappa shape index (κ3) is 3.18. The van der Waals surface area contributed by atoms with Crippen molar-refractivity contribution in [2.75, 3.05) is 31.1 Å². The number of benzene rings is 1. The first-order valence-electron chi connectivity index (χ1n) is 9.05. The molecule has 2 fully saturated rings. The predicted octanol–water partition coefficient (Wildman–Crippen LogP) is 2.99. The number of rotatable bonds is 3. The number of pyridine rings is 1. The minimum absolute atomic E-state index is 0.0595. The molecular formula is C20H24N4O. The van der Waals surface area contributed by atoms with Crippen LogP contribution in [0.15, 0.2) is 54.7 Å². The molecule has 0 unspecified atom stereocenters. The fourth-order valence-electron chi connectivity index (χ4n) is 3.74. The quantitative estimate of drug-likeness (QED) is 0.937. The summed E-state index contributed by atoms with van der Waals surface area (Å²) in [6.45, 7) is 3.10. The summed E-state index contributed by atoms with van der Waals surface area (Å²) in [5.74, 6) is 0.988.